The van der Waals surface area contributed by atoms with Crippen molar-refractivity contribution >= 4 is 0 Å². The Morgan fingerprint density at radius 2 is 1.88 bits per heavy atom. The molecule has 0 aliphatic carbocycles. The van der Waals surface area contributed by atoms with Crippen molar-refractivity contribution in [2.45, 2.75) is 52.1 Å². The van der Waals surface area contributed by atoms with Crippen LogP contribution in [0.3, 0.4) is 0 Å². The molecule has 0 unspecified atom stereocenters. The number of alkyl halides is 3. The highest BCUT2D eigenvalue weighted by molar-refractivity contribution is 4.99. The van der Waals surface area contributed by atoms with Crippen molar-refractivity contribution in [2.24, 2.45) is 0 Å². The molecule has 0 rings (SSSR count). The van der Waals surface area contributed by atoms with Crippen molar-refractivity contribution in [3.8, 4) is 0 Å². The van der Waals surface area contributed by atoms with Crippen LogP contribution in [-0.2, 0) is 4.74 Å². The van der Waals surface area contributed by atoms with E-state index in [1.54, 1.807) is 0 Å². The van der Waals surface area contributed by atoms with E-state index in [0.29, 0.717) is 6.42 Å². The second-order valence-corrected chi connectivity index (χ2v) is 3.82. The van der Waals surface area contributed by atoms with E-state index in [4.69, 9.17) is 0 Å². The highest BCUT2D eigenvalue weighted by Crippen LogP contribution is 2.16. The fraction of sp³-hybridized carbons (Fsp3) is 0.833. The van der Waals surface area contributed by atoms with Gasteiger partial charge in [0, 0.05) is 0 Å². The van der Waals surface area contributed by atoms with E-state index in [0.717, 1.165) is 19.3 Å². The number of hydrogen-bond donors (Lipinski definition) is 0. The molecule has 0 amide bonds. The van der Waals surface area contributed by atoms with Crippen LogP contribution in [0.2, 0.25) is 0 Å². The minimum Gasteiger partial charge on any atom is -0.372 e. The lowest BCUT2D eigenvalue weighted by atomic mass is 10.1. The zero-order chi connectivity index (χ0) is 12.4. The topological polar surface area (TPSA) is 9.23 Å². The quantitative estimate of drug-likeness (QED) is 0.447. The van der Waals surface area contributed by atoms with E-state index in [9.17, 15) is 13.2 Å². The van der Waals surface area contributed by atoms with Gasteiger partial charge in [0.1, 0.15) is 6.61 Å². The fourth-order valence-electron chi connectivity index (χ4n) is 1.41. The Bertz CT molecular complexity index is 197. The van der Waals surface area contributed by atoms with Gasteiger partial charge in [-0.2, -0.15) is 13.2 Å². The summed E-state index contributed by atoms with van der Waals surface area (Å²) in [7, 11) is 0. The van der Waals surface area contributed by atoms with E-state index in [-0.39, 0.29) is 6.61 Å². The van der Waals surface area contributed by atoms with Crippen LogP contribution in [0.4, 0.5) is 13.2 Å². The molecule has 0 aromatic rings. The van der Waals surface area contributed by atoms with Gasteiger partial charge in [-0.05, 0) is 26.2 Å². The fourth-order valence-corrected chi connectivity index (χ4v) is 1.41. The number of allylic oxidation sites excluding steroid dienone is 1. The molecule has 0 aromatic carbocycles. The second-order valence-electron chi connectivity index (χ2n) is 3.82. The third-order valence-electron chi connectivity index (χ3n) is 2.34. The first-order valence-electron chi connectivity index (χ1n) is 5.78. The maximum atomic E-state index is 11.8. The monoisotopic (exact) mass is 238 g/mol. The van der Waals surface area contributed by atoms with Crippen LogP contribution in [0, 0.1) is 0 Å². The van der Waals surface area contributed by atoms with Gasteiger partial charge < -0.3 is 4.74 Å². The van der Waals surface area contributed by atoms with Gasteiger partial charge >= 0.3 is 6.18 Å². The largest absolute Gasteiger partial charge is 0.411 e. The van der Waals surface area contributed by atoms with E-state index in [1.807, 2.05) is 13.0 Å². The molecule has 0 saturated carbocycles. The van der Waals surface area contributed by atoms with Crippen molar-refractivity contribution in [1.82, 2.24) is 0 Å². The molecule has 0 aliphatic heterocycles. The summed E-state index contributed by atoms with van der Waals surface area (Å²) in [6.07, 6.45) is 2.78. The molecule has 0 aromatic heterocycles. The molecule has 0 fully saturated rings. The lowest BCUT2D eigenvalue weighted by molar-refractivity contribution is -0.173. The summed E-state index contributed by atoms with van der Waals surface area (Å²) < 4.78 is 39.9. The molecule has 0 atom stereocenters. The molecule has 0 radical (unpaired) electrons. The van der Waals surface area contributed by atoms with Crippen molar-refractivity contribution in [2.75, 3.05) is 13.2 Å². The average Bonchev–Trinajstić information content (AvgIpc) is 2.20. The standard InChI is InChI=1S/C12H21F3O/c1-3-5-6-7-11(4-2)8-9-16-10-12(13,14)15/h4H,3,5-10H2,1-2H3/b11-4+. The van der Waals surface area contributed by atoms with Crippen molar-refractivity contribution in [3.05, 3.63) is 11.6 Å². The Balaban J connectivity index is 3.57. The van der Waals surface area contributed by atoms with Crippen LogP contribution < -0.4 is 0 Å². The molecule has 1 nitrogen and oxygen atoms in total. The predicted octanol–water partition coefficient (Wildman–Crippen LogP) is 4.48. The number of halogens is 3. The first kappa shape index (κ1) is 15.5. The zero-order valence-electron chi connectivity index (χ0n) is 10.1. The molecule has 0 heterocycles. The summed E-state index contributed by atoms with van der Waals surface area (Å²) in [6, 6.07) is 0. The molecule has 0 bridgehead atoms. The number of unbranched alkanes of at least 4 members (excludes halogenated alkanes) is 2. The maximum Gasteiger partial charge on any atom is 0.411 e. The molecular formula is C12H21F3O. The highest BCUT2D eigenvalue weighted by Gasteiger charge is 2.27. The van der Waals surface area contributed by atoms with Gasteiger partial charge in [0.2, 0.25) is 0 Å². The van der Waals surface area contributed by atoms with Crippen LogP contribution in [0.1, 0.15) is 46.0 Å². The summed E-state index contributed by atoms with van der Waals surface area (Å²) in [5.74, 6) is 0. The number of rotatable bonds is 8. The summed E-state index contributed by atoms with van der Waals surface area (Å²) in [4.78, 5) is 0. The Hall–Kier alpha value is -0.510. The van der Waals surface area contributed by atoms with Gasteiger partial charge in [0.15, 0.2) is 0 Å². The zero-order valence-corrected chi connectivity index (χ0v) is 10.1. The second kappa shape index (κ2) is 8.62. The number of hydrogen-bond acceptors (Lipinski definition) is 1. The van der Waals surface area contributed by atoms with Crippen LogP contribution in [0.15, 0.2) is 11.6 Å². The summed E-state index contributed by atoms with van der Waals surface area (Å²) >= 11 is 0. The average molecular weight is 238 g/mol. The SMILES string of the molecule is C/C=C(\CCCCC)CCOCC(F)(F)F. The molecule has 0 aliphatic rings. The smallest absolute Gasteiger partial charge is 0.372 e. The minimum atomic E-state index is -4.21. The van der Waals surface area contributed by atoms with E-state index < -0.39 is 12.8 Å². The molecule has 0 spiro atoms. The molecule has 16 heavy (non-hydrogen) atoms. The van der Waals surface area contributed by atoms with Crippen LogP contribution in [0.5, 0.6) is 0 Å². The van der Waals surface area contributed by atoms with Gasteiger partial charge in [-0.1, -0.05) is 31.4 Å². The molecule has 0 saturated heterocycles. The van der Waals surface area contributed by atoms with Gasteiger partial charge in [0.05, 0.1) is 6.61 Å². The van der Waals surface area contributed by atoms with Gasteiger partial charge in [0.25, 0.3) is 0 Å². The highest BCUT2D eigenvalue weighted by atomic mass is 19.4. The number of ether oxygens (including phenoxy) is 1. The first-order chi connectivity index (χ1) is 7.49. The van der Waals surface area contributed by atoms with E-state index in [2.05, 4.69) is 11.7 Å². The van der Waals surface area contributed by atoms with E-state index in [1.165, 1.54) is 12.0 Å². The third kappa shape index (κ3) is 10.0. The van der Waals surface area contributed by atoms with Crippen molar-refractivity contribution in [1.29, 1.82) is 0 Å². The Kier molecular flexibility index (Phi) is 8.35. The van der Waals surface area contributed by atoms with Gasteiger partial charge in [-0.15, -0.1) is 0 Å². The summed E-state index contributed by atoms with van der Waals surface area (Å²) in [6.45, 7) is 3.07. The van der Waals surface area contributed by atoms with Crippen LogP contribution in [-0.4, -0.2) is 19.4 Å². The third-order valence-corrected chi connectivity index (χ3v) is 2.34. The molecule has 0 N–H and O–H groups in total. The van der Waals surface area contributed by atoms with E-state index >= 15 is 0 Å². The van der Waals surface area contributed by atoms with Gasteiger partial charge in [-0.25, -0.2) is 0 Å². The van der Waals surface area contributed by atoms with Crippen LogP contribution >= 0.6 is 0 Å². The van der Waals surface area contributed by atoms with Crippen molar-refractivity contribution < 1.29 is 17.9 Å². The Morgan fingerprint density at radius 3 is 2.38 bits per heavy atom. The summed E-state index contributed by atoms with van der Waals surface area (Å²) in [5.41, 5.74) is 1.19. The summed E-state index contributed by atoms with van der Waals surface area (Å²) in [5, 5.41) is 0. The van der Waals surface area contributed by atoms with Crippen molar-refractivity contribution in [3.63, 3.8) is 0 Å². The van der Waals surface area contributed by atoms with Crippen LogP contribution in [0.25, 0.3) is 0 Å². The predicted molar refractivity (Wildman–Crippen MR) is 59.4 cm³/mol. The lowest BCUT2D eigenvalue weighted by Gasteiger charge is -2.09. The molecule has 4 heteroatoms. The Labute approximate surface area is 95.7 Å². The molecule has 96 valence electrons. The van der Waals surface area contributed by atoms with Gasteiger partial charge in [-0.3, -0.25) is 0 Å². The normalized spacial score (nSPS) is 13.2. The first-order valence-corrected chi connectivity index (χ1v) is 5.78. The lowest BCUT2D eigenvalue weighted by Crippen LogP contribution is -2.17. The molecular weight excluding hydrogens is 217 g/mol. The minimum absolute atomic E-state index is 0.158. The maximum absolute atomic E-state index is 11.8. The Morgan fingerprint density at radius 1 is 1.19 bits per heavy atom.